The smallest absolute Gasteiger partial charge is 0.00258 e. The van der Waals surface area contributed by atoms with Gasteiger partial charge in [0.1, 0.15) is 0 Å². The van der Waals surface area contributed by atoms with Gasteiger partial charge in [-0.05, 0) is 76.6 Å². The summed E-state index contributed by atoms with van der Waals surface area (Å²) in [7, 11) is 0. The van der Waals surface area contributed by atoms with Gasteiger partial charge in [0.25, 0.3) is 0 Å². The van der Waals surface area contributed by atoms with Crippen molar-refractivity contribution in [1.29, 1.82) is 0 Å². The average Bonchev–Trinajstić information content (AvgIpc) is 2.92. The van der Waals surface area contributed by atoms with Gasteiger partial charge in [0.2, 0.25) is 0 Å². The highest BCUT2D eigenvalue weighted by atomic mass is 14.0. The molecule has 0 heterocycles. The van der Waals surface area contributed by atoms with E-state index in [9.17, 15) is 0 Å². The monoisotopic (exact) mass is 498 g/mol. The molecular formula is C38H42. The Balaban J connectivity index is 0.000000166. The van der Waals surface area contributed by atoms with Crippen LogP contribution in [-0.2, 0) is 12.8 Å². The van der Waals surface area contributed by atoms with E-state index in [4.69, 9.17) is 0 Å². The third-order valence-corrected chi connectivity index (χ3v) is 6.52. The molecule has 5 aromatic carbocycles. The molecular weight excluding hydrogens is 456 g/mol. The van der Waals surface area contributed by atoms with Crippen molar-refractivity contribution in [3.8, 4) is 0 Å². The highest BCUT2D eigenvalue weighted by Gasteiger charge is 1.96. The summed E-state index contributed by atoms with van der Waals surface area (Å²) in [5, 5.41) is 0. The molecule has 5 aromatic rings. The summed E-state index contributed by atoms with van der Waals surface area (Å²) in [5.74, 6) is 0. The van der Waals surface area contributed by atoms with Crippen LogP contribution in [0.5, 0.6) is 0 Å². The van der Waals surface area contributed by atoms with Crippen LogP contribution in [0.1, 0.15) is 55.6 Å². The van der Waals surface area contributed by atoms with Gasteiger partial charge >= 0.3 is 0 Å². The van der Waals surface area contributed by atoms with Gasteiger partial charge in [-0.15, -0.1) is 0 Å². The minimum absolute atomic E-state index is 1.03. The van der Waals surface area contributed by atoms with Gasteiger partial charge in [-0.2, -0.15) is 0 Å². The molecule has 0 aliphatic rings. The molecule has 0 N–H and O–H groups in total. The molecule has 0 unspecified atom stereocenters. The van der Waals surface area contributed by atoms with Crippen molar-refractivity contribution in [2.24, 2.45) is 0 Å². The van der Waals surface area contributed by atoms with Gasteiger partial charge < -0.3 is 0 Å². The van der Waals surface area contributed by atoms with Gasteiger partial charge in [-0.1, -0.05) is 155 Å². The first-order chi connectivity index (χ1) is 18.3. The fourth-order valence-corrected chi connectivity index (χ4v) is 3.93. The molecule has 0 atom stereocenters. The minimum atomic E-state index is 1.03. The van der Waals surface area contributed by atoms with Crippen LogP contribution in [0.25, 0.3) is 0 Å². The van der Waals surface area contributed by atoms with Crippen LogP contribution in [0, 0.1) is 41.5 Å². The highest BCUT2D eigenvalue weighted by molar-refractivity contribution is 5.31. The molecule has 0 bridgehead atoms. The van der Waals surface area contributed by atoms with Gasteiger partial charge in [-0.3, -0.25) is 0 Å². The Morgan fingerprint density at radius 2 is 0.368 bits per heavy atom. The predicted molar refractivity (Wildman–Crippen MR) is 166 cm³/mol. The molecule has 0 aromatic heterocycles. The van der Waals surface area contributed by atoms with Crippen LogP contribution in [-0.4, -0.2) is 0 Å². The summed E-state index contributed by atoms with van der Waals surface area (Å²) < 4.78 is 0. The number of rotatable bonds is 4. The summed E-state index contributed by atoms with van der Waals surface area (Å²) in [5.41, 5.74) is 13.5. The van der Waals surface area contributed by atoms with Gasteiger partial charge in [0, 0.05) is 0 Å². The summed E-state index contributed by atoms with van der Waals surface area (Å²) >= 11 is 0. The van der Waals surface area contributed by atoms with E-state index in [2.05, 4.69) is 163 Å². The molecule has 0 fully saturated rings. The zero-order chi connectivity index (χ0) is 27.3. The number of hydrogen-bond acceptors (Lipinski definition) is 0. The molecule has 0 amide bonds. The third-order valence-electron chi connectivity index (χ3n) is 6.52. The Morgan fingerprint density at radius 3 is 0.526 bits per heavy atom. The number of aryl methyl sites for hydroxylation is 6. The third kappa shape index (κ3) is 10.6. The Labute approximate surface area is 231 Å². The van der Waals surface area contributed by atoms with Gasteiger partial charge in [0.05, 0.1) is 0 Å². The van der Waals surface area contributed by atoms with Crippen LogP contribution >= 0.6 is 0 Å². The SMILES string of the molecule is Cc1ccc(C)cc1.Cc1ccc(Cc2ccc(C)cc2)cc1.Cc1ccc(Cc2ccc(C)cc2)cc1. The maximum atomic E-state index is 2.20. The first-order valence-corrected chi connectivity index (χ1v) is 13.5. The lowest BCUT2D eigenvalue weighted by Crippen LogP contribution is -1.88. The molecule has 5 rings (SSSR count). The molecule has 38 heavy (non-hydrogen) atoms. The molecule has 194 valence electrons. The van der Waals surface area contributed by atoms with E-state index in [0.717, 1.165) is 12.8 Å². The average molecular weight is 499 g/mol. The molecule has 0 nitrogen and oxygen atoms in total. The minimum Gasteiger partial charge on any atom is -0.0591 e. The van der Waals surface area contributed by atoms with Crippen LogP contribution in [0.2, 0.25) is 0 Å². The van der Waals surface area contributed by atoms with E-state index in [1.165, 1.54) is 55.6 Å². The second kappa shape index (κ2) is 14.7. The largest absolute Gasteiger partial charge is 0.0591 e. The quantitative estimate of drug-likeness (QED) is 0.231. The van der Waals surface area contributed by atoms with Crippen LogP contribution < -0.4 is 0 Å². The Kier molecular flexibility index (Phi) is 11.1. The molecule has 0 saturated heterocycles. The van der Waals surface area contributed by atoms with Crippen molar-refractivity contribution in [1.82, 2.24) is 0 Å². The second-order valence-electron chi connectivity index (χ2n) is 10.5. The lowest BCUT2D eigenvalue weighted by atomic mass is 10.0. The maximum Gasteiger partial charge on any atom is -0.00258 e. The number of hydrogen-bond donors (Lipinski definition) is 0. The fourth-order valence-electron chi connectivity index (χ4n) is 3.93. The lowest BCUT2D eigenvalue weighted by molar-refractivity contribution is 1.18. The summed E-state index contributed by atoms with van der Waals surface area (Å²) in [6, 6.07) is 43.5. The van der Waals surface area contributed by atoms with Crippen LogP contribution in [0.15, 0.2) is 121 Å². The predicted octanol–water partition coefficient (Wildman–Crippen LogP) is 10.1. The molecule has 0 aliphatic heterocycles. The van der Waals surface area contributed by atoms with E-state index >= 15 is 0 Å². The molecule has 0 heteroatoms. The van der Waals surface area contributed by atoms with Crippen molar-refractivity contribution in [3.63, 3.8) is 0 Å². The fraction of sp³-hybridized carbons (Fsp3) is 0.211. The summed E-state index contributed by atoms with van der Waals surface area (Å²) in [6.07, 6.45) is 2.06. The van der Waals surface area contributed by atoms with Gasteiger partial charge in [-0.25, -0.2) is 0 Å². The zero-order valence-electron chi connectivity index (χ0n) is 24.0. The van der Waals surface area contributed by atoms with E-state index in [1.807, 2.05) is 0 Å². The highest BCUT2D eigenvalue weighted by Crippen LogP contribution is 2.12. The molecule has 0 aliphatic carbocycles. The van der Waals surface area contributed by atoms with Crippen molar-refractivity contribution in [3.05, 3.63) is 177 Å². The van der Waals surface area contributed by atoms with E-state index in [1.54, 1.807) is 0 Å². The first-order valence-electron chi connectivity index (χ1n) is 13.5. The first kappa shape index (κ1) is 28.7. The van der Waals surface area contributed by atoms with Crippen LogP contribution in [0.3, 0.4) is 0 Å². The standard InChI is InChI=1S/2C15H16.C8H10/c2*1-12-3-7-14(8-4-12)11-15-9-5-13(2)6-10-15;1-7-3-5-8(2)6-4-7/h2*3-10H,11H2,1-2H3;3-6H,1-2H3. The second-order valence-corrected chi connectivity index (χ2v) is 10.5. The Bertz CT molecular complexity index is 1140. The summed E-state index contributed by atoms with van der Waals surface area (Å²) in [6.45, 7) is 12.7. The lowest BCUT2D eigenvalue weighted by Gasteiger charge is -2.03. The molecule has 0 radical (unpaired) electrons. The van der Waals surface area contributed by atoms with Crippen molar-refractivity contribution in [2.75, 3.05) is 0 Å². The Morgan fingerprint density at radius 1 is 0.237 bits per heavy atom. The maximum absolute atomic E-state index is 2.20. The Hall–Kier alpha value is -3.90. The van der Waals surface area contributed by atoms with Crippen molar-refractivity contribution >= 4 is 0 Å². The van der Waals surface area contributed by atoms with Crippen molar-refractivity contribution in [2.45, 2.75) is 54.4 Å². The normalized spacial score (nSPS) is 10.1. The van der Waals surface area contributed by atoms with E-state index in [0.29, 0.717) is 0 Å². The molecule has 0 spiro atoms. The topological polar surface area (TPSA) is 0 Å². The van der Waals surface area contributed by atoms with Gasteiger partial charge in [0.15, 0.2) is 0 Å². The zero-order valence-corrected chi connectivity index (χ0v) is 24.0. The molecule has 0 saturated carbocycles. The number of benzene rings is 5. The van der Waals surface area contributed by atoms with Crippen molar-refractivity contribution < 1.29 is 0 Å². The van der Waals surface area contributed by atoms with E-state index < -0.39 is 0 Å². The van der Waals surface area contributed by atoms with E-state index in [-0.39, 0.29) is 0 Å². The summed E-state index contributed by atoms with van der Waals surface area (Å²) in [4.78, 5) is 0. The van der Waals surface area contributed by atoms with Crippen LogP contribution in [0.4, 0.5) is 0 Å².